The summed E-state index contributed by atoms with van der Waals surface area (Å²) >= 11 is 0. The summed E-state index contributed by atoms with van der Waals surface area (Å²) in [6, 6.07) is 11.9. The molecule has 2 aromatic carbocycles. The Hall–Kier alpha value is -2.51. The van der Waals surface area contributed by atoms with Gasteiger partial charge in [0.15, 0.2) is 5.78 Å². The molecule has 0 radical (unpaired) electrons. The van der Waals surface area contributed by atoms with Crippen molar-refractivity contribution in [2.75, 3.05) is 18.4 Å². The fourth-order valence-corrected chi connectivity index (χ4v) is 4.42. The predicted molar refractivity (Wildman–Crippen MR) is 115 cm³/mol. The van der Waals surface area contributed by atoms with E-state index in [0.717, 1.165) is 11.1 Å². The molecular formula is C22H28N2O4S. The number of nitrogens with zero attached hydrogens (tertiary/aromatic N) is 1. The van der Waals surface area contributed by atoms with Gasteiger partial charge in [-0.2, -0.15) is 4.31 Å². The molecule has 0 heterocycles. The van der Waals surface area contributed by atoms with Crippen LogP contribution in [0.25, 0.3) is 0 Å². The summed E-state index contributed by atoms with van der Waals surface area (Å²) in [5.74, 6) is -0.430. The van der Waals surface area contributed by atoms with Gasteiger partial charge in [0.2, 0.25) is 15.9 Å². The molecule has 0 saturated carbocycles. The lowest BCUT2D eigenvalue weighted by Crippen LogP contribution is -2.30. The van der Waals surface area contributed by atoms with Crippen molar-refractivity contribution < 1.29 is 18.0 Å². The number of amides is 1. The van der Waals surface area contributed by atoms with E-state index in [4.69, 9.17) is 0 Å². The molecule has 0 aromatic heterocycles. The van der Waals surface area contributed by atoms with E-state index in [9.17, 15) is 18.0 Å². The van der Waals surface area contributed by atoms with Crippen LogP contribution in [0.1, 0.15) is 48.2 Å². The number of sulfonamides is 1. The Balaban J connectivity index is 2.08. The van der Waals surface area contributed by atoms with E-state index in [0.29, 0.717) is 24.3 Å². The topological polar surface area (TPSA) is 83.6 Å². The maximum atomic E-state index is 12.7. The summed E-state index contributed by atoms with van der Waals surface area (Å²) < 4.78 is 26.8. The van der Waals surface area contributed by atoms with Crippen LogP contribution in [-0.2, 0) is 14.8 Å². The molecule has 29 heavy (non-hydrogen) atoms. The molecule has 7 heteroatoms. The number of hydrogen-bond donors (Lipinski definition) is 1. The van der Waals surface area contributed by atoms with Gasteiger partial charge in [-0.15, -0.1) is 0 Å². The zero-order valence-electron chi connectivity index (χ0n) is 17.4. The number of aryl methyl sites for hydroxylation is 2. The Labute approximate surface area is 173 Å². The third-order valence-electron chi connectivity index (χ3n) is 4.78. The molecule has 2 rings (SSSR count). The van der Waals surface area contributed by atoms with Crippen LogP contribution in [0.5, 0.6) is 0 Å². The van der Waals surface area contributed by atoms with Gasteiger partial charge in [-0.3, -0.25) is 9.59 Å². The van der Waals surface area contributed by atoms with E-state index in [1.807, 2.05) is 19.1 Å². The molecule has 1 amide bonds. The molecule has 1 N–H and O–H groups in total. The van der Waals surface area contributed by atoms with Crippen molar-refractivity contribution in [1.82, 2.24) is 4.31 Å². The van der Waals surface area contributed by atoms with Gasteiger partial charge in [-0.05, 0) is 31.5 Å². The fraction of sp³-hybridized carbons (Fsp3) is 0.364. The Morgan fingerprint density at radius 1 is 0.931 bits per heavy atom. The van der Waals surface area contributed by atoms with Crippen LogP contribution in [0, 0.1) is 13.8 Å². The van der Waals surface area contributed by atoms with Gasteiger partial charge in [0.05, 0.1) is 4.90 Å². The summed E-state index contributed by atoms with van der Waals surface area (Å²) in [6.07, 6.45) is 0.116. The second-order valence-electron chi connectivity index (χ2n) is 6.90. The van der Waals surface area contributed by atoms with Gasteiger partial charge in [0.25, 0.3) is 0 Å². The highest BCUT2D eigenvalue weighted by Crippen LogP contribution is 2.23. The molecule has 0 fully saturated rings. The molecule has 2 aromatic rings. The fourth-order valence-electron chi connectivity index (χ4n) is 2.93. The standard InChI is InChI=1S/C22H28N2O4S/c1-5-24(6-2)29(27,28)19-12-9-17(4)20(15-19)23-22(26)14-13-21(25)18-10-7-16(3)8-11-18/h7-12,15H,5-6,13-14H2,1-4H3,(H,23,26). The quantitative estimate of drug-likeness (QED) is 0.628. The SMILES string of the molecule is CCN(CC)S(=O)(=O)c1ccc(C)c(NC(=O)CCC(=O)c2ccc(C)cc2)c1. The third kappa shape index (κ3) is 5.74. The third-order valence-corrected chi connectivity index (χ3v) is 6.82. The van der Waals surface area contributed by atoms with E-state index in [1.54, 1.807) is 45.0 Å². The number of nitrogens with one attached hydrogen (secondary N) is 1. The predicted octanol–water partition coefficient (Wildman–Crippen LogP) is 3.94. The average Bonchev–Trinajstić information content (AvgIpc) is 2.69. The zero-order chi connectivity index (χ0) is 21.6. The largest absolute Gasteiger partial charge is 0.326 e. The highest BCUT2D eigenvalue weighted by atomic mass is 32.2. The summed E-state index contributed by atoms with van der Waals surface area (Å²) in [5.41, 5.74) is 2.83. The van der Waals surface area contributed by atoms with Crippen molar-refractivity contribution in [3.05, 3.63) is 59.2 Å². The molecule has 0 bridgehead atoms. The van der Waals surface area contributed by atoms with E-state index in [-0.39, 0.29) is 29.4 Å². The summed E-state index contributed by atoms with van der Waals surface area (Å²) in [7, 11) is -3.61. The Kier molecular flexibility index (Phi) is 7.70. The molecule has 0 unspecified atom stereocenters. The van der Waals surface area contributed by atoms with Crippen LogP contribution in [-0.4, -0.2) is 37.5 Å². The molecule has 0 atom stereocenters. The van der Waals surface area contributed by atoms with Crippen molar-refractivity contribution in [3.8, 4) is 0 Å². The van der Waals surface area contributed by atoms with Gasteiger partial charge >= 0.3 is 0 Å². The molecule has 0 spiro atoms. The first kappa shape index (κ1) is 22.8. The van der Waals surface area contributed by atoms with E-state index >= 15 is 0 Å². The maximum absolute atomic E-state index is 12.7. The summed E-state index contributed by atoms with van der Waals surface area (Å²) in [4.78, 5) is 24.7. The van der Waals surface area contributed by atoms with Crippen LogP contribution in [0.15, 0.2) is 47.4 Å². The van der Waals surface area contributed by atoms with Gasteiger partial charge in [0.1, 0.15) is 0 Å². The molecular weight excluding hydrogens is 388 g/mol. The molecule has 0 aliphatic heterocycles. The number of carbonyl (C=O) groups is 2. The monoisotopic (exact) mass is 416 g/mol. The van der Waals surface area contributed by atoms with Gasteiger partial charge < -0.3 is 5.32 Å². The normalized spacial score (nSPS) is 11.5. The van der Waals surface area contributed by atoms with Crippen LogP contribution < -0.4 is 5.32 Å². The number of hydrogen-bond acceptors (Lipinski definition) is 4. The van der Waals surface area contributed by atoms with Crippen molar-refractivity contribution in [2.45, 2.75) is 45.4 Å². The highest BCUT2D eigenvalue weighted by Gasteiger charge is 2.22. The smallest absolute Gasteiger partial charge is 0.243 e. The number of anilines is 1. The van der Waals surface area contributed by atoms with E-state index in [1.165, 1.54) is 10.4 Å². The van der Waals surface area contributed by atoms with Crippen molar-refractivity contribution in [2.24, 2.45) is 0 Å². The lowest BCUT2D eigenvalue weighted by atomic mass is 10.0. The zero-order valence-corrected chi connectivity index (χ0v) is 18.2. The summed E-state index contributed by atoms with van der Waals surface area (Å²) in [6.45, 7) is 8.04. The Morgan fingerprint density at radius 3 is 2.14 bits per heavy atom. The number of carbonyl (C=O) groups excluding carboxylic acids is 2. The van der Waals surface area contributed by atoms with Crippen molar-refractivity contribution in [1.29, 1.82) is 0 Å². The molecule has 0 saturated heterocycles. The van der Waals surface area contributed by atoms with Gasteiger partial charge in [-0.1, -0.05) is 49.7 Å². The molecule has 6 nitrogen and oxygen atoms in total. The Morgan fingerprint density at radius 2 is 1.55 bits per heavy atom. The number of Topliss-reactive ketones (excluding diaryl/α,β-unsaturated/α-hetero) is 1. The Bertz CT molecular complexity index is 978. The van der Waals surface area contributed by atoms with Crippen LogP contribution in [0.3, 0.4) is 0 Å². The minimum absolute atomic E-state index is 0.0270. The van der Waals surface area contributed by atoms with Crippen LogP contribution in [0.4, 0.5) is 5.69 Å². The lowest BCUT2D eigenvalue weighted by Gasteiger charge is -2.19. The van der Waals surface area contributed by atoms with Crippen LogP contribution >= 0.6 is 0 Å². The van der Waals surface area contributed by atoms with Crippen LogP contribution in [0.2, 0.25) is 0 Å². The van der Waals surface area contributed by atoms with E-state index in [2.05, 4.69) is 5.32 Å². The first-order valence-corrected chi connectivity index (χ1v) is 11.1. The minimum atomic E-state index is -3.61. The average molecular weight is 417 g/mol. The number of ketones is 1. The maximum Gasteiger partial charge on any atom is 0.243 e. The van der Waals surface area contributed by atoms with E-state index < -0.39 is 10.0 Å². The number of benzene rings is 2. The lowest BCUT2D eigenvalue weighted by molar-refractivity contribution is -0.116. The molecule has 156 valence electrons. The second kappa shape index (κ2) is 9.80. The number of rotatable bonds is 9. The summed E-state index contributed by atoms with van der Waals surface area (Å²) in [5, 5.41) is 2.74. The van der Waals surface area contributed by atoms with Crippen molar-refractivity contribution in [3.63, 3.8) is 0 Å². The second-order valence-corrected chi connectivity index (χ2v) is 8.84. The first-order chi connectivity index (χ1) is 13.7. The molecule has 0 aliphatic carbocycles. The van der Waals surface area contributed by atoms with Crippen molar-refractivity contribution >= 4 is 27.4 Å². The molecule has 0 aliphatic rings. The highest BCUT2D eigenvalue weighted by molar-refractivity contribution is 7.89. The van der Waals surface area contributed by atoms with Gasteiger partial charge in [-0.25, -0.2) is 8.42 Å². The first-order valence-electron chi connectivity index (χ1n) is 9.69. The van der Waals surface area contributed by atoms with Gasteiger partial charge in [0, 0.05) is 37.2 Å². The minimum Gasteiger partial charge on any atom is -0.326 e.